The first kappa shape index (κ1) is 28.4. The van der Waals surface area contributed by atoms with Crippen molar-refractivity contribution in [2.75, 3.05) is 18.1 Å². The lowest BCUT2D eigenvalue weighted by Crippen LogP contribution is -2.52. The van der Waals surface area contributed by atoms with E-state index in [0.29, 0.717) is 42.1 Å². The Hall–Kier alpha value is -4.10. The Labute approximate surface area is 236 Å². The van der Waals surface area contributed by atoms with Gasteiger partial charge in [0.1, 0.15) is 0 Å². The largest absolute Gasteiger partial charge is 0.416 e. The summed E-state index contributed by atoms with van der Waals surface area (Å²) in [6.07, 6.45) is -0.420. The van der Waals surface area contributed by atoms with E-state index in [-0.39, 0.29) is 12.4 Å². The van der Waals surface area contributed by atoms with Crippen LogP contribution >= 0.6 is 0 Å². The summed E-state index contributed by atoms with van der Waals surface area (Å²) in [7, 11) is 0. The van der Waals surface area contributed by atoms with Crippen molar-refractivity contribution in [3.63, 3.8) is 0 Å². The third kappa shape index (κ3) is 6.46. The molecule has 2 amide bonds. The minimum absolute atomic E-state index is 0.117. The first-order valence-corrected chi connectivity index (χ1v) is 13.7. The number of aliphatic imine (C=N–C) groups is 1. The number of aliphatic hydroxyl groups is 1. The monoisotopic (exact) mass is 564 g/mol. The van der Waals surface area contributed by atoms with Gasteiger partial charge in [0.15, 0.2) is 0 Å². The van der Waals surface area contributed by atoms with Gasteiger partial charge in [-0.2, -0.15) is 13.2 Å². The van der Waals surface area contributed by atoms with Crippen LogP contribution in [0.15, 0.2) is 65.8 Å². The summed E-state index contributed by atoms with van der Waals surface area (Å²) in [4.78, 5) is 35.6. The van der Waals surface area contributed by atoms with Crippen LogP contribution < -0.4 is 10.2 Å². The number of benzodiazepines with no additional fused rings is 1. The summed E-state index contributed by atoms with van der Waals surface area (Å²) < 4.78 is 39.9. The summed E-state index contributed by atoms with van der Waals surface area (Å²) in [5, 5.41) is 13.4. The van der Waals surface area contributed by atoms with Gasteiger partial charge in [0.05, 0.1) is 42.2 Å². The summed E-state index contributed by atoms with van der Waals surface area (Å²) in [6, 6.07) is 11.6. The molecular formula is C31H31F3N4O3. The zero-order valence-electron chi connectivity index (χ0n) is 22.6. The van der Waals surface area contributed by atoms with Gasteiger partial charge in [0, 0.05) is 23.4 Å². The lowest BCUT2D eigenvalue weighted by atomic mass is 9.93. The molecule has 10 heteroatoms. The second kappa shape index (κ2) is 11.8. The minimum atomic E-state index is -4.51. The number of allylic oxidation sites excluding steroid dienone is 1. The number of alkyl halides is 3. The van der Waals surface area contributed by atoms with Gasteiger partial charge in [-0.1, -0.05) is 61.9 Å². The molecule has 2 aliphatic heterocycles. The number of carbonyl (C=O) groups is 2. The van der Waals surface area contributed by atoms with Crippen LogP contribution in [0.3, 0.4) is 0 Å². The molecule has 5 rings (SSSR count). The van der Waals surface area contributed by atoms with E-state index in [0.717, 1.165) is 25.0 Å². The van der Waals surface area contributed by atoms with E-state index in [1.54, 1.807) is 43.5 Å². The first-order valence-electron chi connectivity index (χ1n) is 13.7. The Kier molecular flexibility index (Phi) is 8.18. The molecule has 214 valence electrons. The van der Waals surface area contributed by atoms with Crippen molar-refractivity contribution in [3.05, 3.63) is 77.5 Å². The van der Waals surface area contributed by atoms with Crippen LogP contribution in [0, 0.1) is 23.7 Å². The van der Waals surface area contributed by atoms with Crippen molar-refractivity contribution in [2.24, 2.45) is 16.8 Å². The van der Waals surface area contributed by atoms with E-state index >= 15 is 0 Å². The molecule has 7 nitrogen and oxygen atoms in total. The minimum Gasteiger partial charge on any atom is -0.392 e. The second-order valence-corrected chi connectivity index (χ2v) is 10.5. The van der Waals surface area contributed by atoms with Gasteiger partial charge in [-0.3, -0.25) is 14.5 Å². The fourth-order valence-electron chi connectivity index (χ4n) is 5.07. The standard InChI is InChI=1S/C31H31F3N4O3/c1-2-26(39)24(18-20-10-11-20)29(40)36-28-30(41)38(19-37-16-6-3-7-17-37)25-9-5-4-8-23(25)27(35-28)21-12-14-22(15-13-21)31(32,33)34/h4-6,8-9,12-16,20,24,26,28,39H,2,10-11,17-19H2,1H3,(H,36,40). The molecule has 0 saturated heterocycles. The molecule has 0 radical (unpaired) electrons. The molecule has 1 fully saturated rings. The molecule has 0 bridgehead atoms. The molecule has 3 unspecified atom stereocenters. The lowest BCUT2D eigenvalue weighted by molar-refractivity contribution is -0.137. The molecule has 41 heavy (non-hydrogen) atoms. The molecule has 2 N–H and O–H groups in total. The SMILES string of the molecule is CCC(O)C(CC1CC1)C(=O)NC1N=C(c2ccc(C(F)(F)F)cc2)c2ccccc2N(CN2C=CC#CC2)C1=O. The molecule has 0 spiro atoms. The maximum absolute atomic E-state index is 14.1. The Morgan fingerprint density at radius 2 is 1.90 bits per heavy atom. The predicted molar refractivity (Wildman–Crippen MR) is 149 cm³/mol. The van der Waals surface area contributed by atoms with Gasteiger partial charge in [0.25, 0.3) is 5.91 Å². The molecule has 1 saturated carbocycles. The van der Waals surface area contributed by atoms with Crippen LogP contribution in [0.1, 0.15) is 49.3 Å². The fraction of sp³-hybridized carbons (Fsp3) is 0.387. The zero-order valence-corrected chi connectivity index (χ0v) is 22.6. The van der Waals surface area contributed by atoms with E-state index in [4.69, 9.17) is 0 Å². The van der Waals surface area contributed by atoms with Gasteiger partial charge in [-0.15, -0.1) is 0 Å². The number of amides is 2. The van der Waals surface area contributed by atoms with Gasteiger partial charge < -0.3 is 15.3 Å². The quantitative estimate of drug-likeness (QED) is 0.445. The average Bonchev–Trinajstić information content (AvgIpc) is 3.81. The van der Waals surface area contributed by atoms with Gasteiger partial charge in [0.2, 0.25) is 12.1 Å². The number of nitrogens with zero attached hydrogens (tertiary/aromatic N) is 3. The number of carbonyl (C=O) groups excluding carboxylic acids is 2. The summed E-state index contributed by atoms with van der Waals surface area (Å²) in [6.45, 7) is 2.30. The van der Waals surface area contributed by atoms with Crippen molar-refractivity contribution in [3.8, 4) is 11.8 Å². The number of hydrogen-bond acceptors (Lipinski definition) is 5. The predicted octanol–water partition coefficient (Wildman–Crippen LogP) is 4.31. The fourth-order valence-corrected chi connectivity index (χ4v) is 5.07. The lowest BCUT2D eigenvalue weighted by Gasteiger charge is -2.31. The molecule has 3 aliphatic rings. The molecule has 2 aromatic carbocycles. The molecule has 3 atom stereocenters. The zero-order chi connectivity index (χ0) is 29.1. The van der Waals surface area contributed by atoms with E-state index in [1.165, 1.54) is 17.0 Å². The molecule has 1 aliphatic carbocycles. The van der Waals surface area contributed by atoms with Crippen molar-refractivity contribution >= 4 is 23.2 Å². The summed E-state index contributed by atoms with van der Waals surface area (Å²) in [5.41, 5.74) is 0.877. The topological polar surface area (TPSA) is 85.2 Å². The van der Waals surface area contributed by atoms with Crippen LogP contribution in [-0.2, 0) is 15.8 Å². The highest BCUT2D eigenvalue weighted by Crippen LogP contribution is 2.37. The van der Waals surface area contributed by atoms with Crippen LogP contribution in [0.4, 0.5) is 18.9 Å². The number of hydrogen-bond donors (Lipinski definition) is 2. The number of anilines is 1. The number of benzene rings is 2. The smallest absolute Gasteiger partial charge is 0.392 e. The maximum atomic E-state index is 14.1. The normalized spacial score (nSPS) is 19.9. The third-order valence-electron chi connectivity index (χ3n) is 7.55. The number of fused-ring (bicyclic) bond motifs is 1. The number of para-hydroxylation sites is 1. The van der Waals surface area contributed by atoms with E-state index < -0.39 is 41.7 Å². The van der Waals surface area contributed by atoms with Crippen molar-refractivity contribution in [2.45, 2.75) is 51.1 Å². The highest BCUT2D eigenvalue weighted by molar-refractivity contribution is 6.20. The molecular weight excluding hydrogens is 533 g/mol. The van der Waals surface area contributed by atoms with Crippen molar-refractivity contribution in [1.29, 1.82) is 0 Å². The Morgan fingerprint density at radius 1 is 1.17 bits per heavy atom. The van der Waals surface area contributed by atoms with Gasteiger partial charge in [-0.05, 0) is 37.0 Å². The van der Waals surface area contributed by atoms with E-state index in [1.807, 2.05) is 4.90 Å². The third-order valence-corrected chi connectivity index (χ3v) is 7.55. The highest BCUT2D eigenvalue weighted by Gasteiger charge is 2.38. The average molecular weight is 565 g/mol. The van der Waals surface area contributed by atoms with E-state index in [2.05, 4.69) is 22.2 Å². The number of rotatable bonds is 9. The van der Waals surface area contributed by atoms with Crippen LogP contribution in [0.2, 0.25) is 0 Å². The first-order chi connectivity index (χ1) is 19.7. The summed E-state index contributed by atoms with van der Waals surface area (Å²) >= 11 is 0. The van der Waals surface area contributed by atoms with Gasteiger partial charge >= 0.3 is 6.18 Å². The van der Waals surface area contributed by atoms with E-state index in [9.17, 15) is 27.9 Å². The van der Waals surface area contributed by atoms with Crippen LogP contribution in [-0.4, -0.2) is 53.0 Å². The van der Waals surface area contributed by atoms with Crippen molar-refractivity contribution < 1.29 is 27.9 Å². The molecule has 0 aromatic heterocycles. The van der Waals surface area contributed by atoms with Crippen molar-refractivity contribution in [1.82, 2.24) is 10.2 Å². The molecule has 2 aromatic rings. The Bertz CT molecular complexity index is 1420. The number of nitrogens with one attached hydrogen (secondary N) is 1. The number of halogens is 3. The van der Waals surface area contributed by atoms with Crippen LogP contribution in [0.5, 0.6) is 0 Å². The number of aliphatic hydroxyl groups excluding tert-OH is 1. The second-order valence-electron chi connectivity index (χ2n) is 10.5. The highest BCUT2D eigenvalue weighted by atomic mass is 19.4. The Morgan fingerprint density at radius 3 is 2.54 bits per heavy atom. The summed E-state index contributed by atoms with van der Waals surface area (Å²) in [5.74, 6) is 4.50. The van der Waals surface area contributed by atoms with Crippen LogP contribution in [0.25, 0.3) is 0 Å². The van der Waals surface area contributed by atoms with Gasteiger partial charge in [-0.25, -0.2) is 4.99 Å². The molecule has 2 heterocycles. The maximum Gasteiger partial charge on any atom is 0.416 e. The Balaban J connectivity index is 1.55.